The number of amides is 1. The minimum atomic E-state index is -3.82. The van der Waals surface area contributed by atoms with Gasteiger partial charge in [0.05, 0.1) is 9.82 Å². The Kier molecular flexibility index (Phi) is 5.84. The molecular weight excluding hydrogens is 406 g/mol. The maximum absolute atomic E-state index is 12.6. The fourth-order valence-electron chi connectivity index (χ4n) is 2.70. The van der Waals surface area contributed by atoms with E-state index in [1.54, 1.807) is 12.1 Å². The Balaban J connectivity index is 1.74. The Hall–Kier alpha value is -3.72. The molecule has 0 aliphatic rings. The minimum Gasteiger partial charge on any atom is -0.322 e. The molecule has 0 bridgehead atoms. The van der Waals surface area contributed by atoms with Gasteiger partial charge in [-0.3, -0.25) is 19.6 Å². The SMILES string of the molecule is Cc1ccc(NS(=O)(=O)c2ccc(C(=O)Nc3cccc([N+](=O)[O-])c3)cc2)cc1C. The molecule has 0 fully saturated rings. The van der Waals surface area contributed by atoms with Gasteiger partial charge >= 0.3 is 0 Å². The molecule has 0 aromatic heterocycles. The first kappa shape index (κ1) is 21.0. The van der Waals surface area contributed by atoms with Crippen molar-refractivity contribution in [1.29, 1.82) is 0 Å². The lowest BCUT2D eigenvalue weighted by Crippen LogP contribution is -2.15. The van der Waals surface area contributed by atoms with Crippen molar-refractivity contribution in [1.82, 2.24) is 0 Å². The summed E-state index contributed by atoms with van der Waals surface area (Å²) in [5.74, 6) is -0.512. The van der Waals surface area contributed by atoms with E-state index in [1.165, 1.54) is 48.5 Å². The Morgan fingerprint density at radius 3 is 2.23 bits per heavy atom. The second-order valence-electron chi connectivity index (χ2n) is 6.69. The molecule has 1 amide bonds. The van der Waals surface area contributed by atoms with Crippen LogP contribution in [0, 0.1) is 24.0 Å². The lowest BCUT2D eigenvalue weighted by Gasteiger charge is -2.10. The van der Waals surface area contributed by atoms with Crippen molar-refractivity contribution in [2.75, 3.05) is 10.0 Å². The molecule has 3 rings (SSSR count). The number of nitro groups is 1. The Morgan fingerprint density at radius 1 is 0.900 bits per heavy atom. The molecule has 30 heavy (non-hydrogen) atoms. The van der Waals surface area contributed by atoms with Crippen LogP contribution in [0.25, 0.3) is 0 Å². The highest BCUT2D eigenvalue weighted by atomic mass is 32.2. The van der Waals surface area contributed by atoms with Crippen LogP contribution in [-0.2, 0) is 10.0 Å². The Bertz CT molecular complexity index is 1220. The lowest BCUT2D eigenvalue weighted by atomic mass is 10.1. The average molecular weight is 425 g/mol. The van der Waals surface area contributed by atoms with Crippen LogP contribution in [0.3, 0.4) is 0 Å². The number of benzene rings is 3. The van der Waals surface area contributed by atoms with Gasteiger partial charge in [0.1, 0.15) is 0 Å². The number of carbonyl (C=O) groups excluding carboxylic acids is 1. The Labute approximate surface area is 173 Å². The maximum Gasteiger partial charge on any atom is 0.271 e. The van der Waals surface area contributed by atoms with Crippen LogP contribution in [0.2, 0.25) is 0 Å². The van der Waals surface area contributed by atoms with Crippen LogP contribution in [0.15, 0.2) is 71.6 Å². The van der Waals surface area contributed by atoms with Gasteiger partial charge in [-0.25, -0.2) is 8.42 Å². The van der Waals surface area contributed by atoms with Gasteiger partial charge in [0.15, 0.2) is 0 Å². The minimum absolute atomic E-state index is 0.00706. The van der Waals surface area contributed by atoms with Crippen LogP contribution < -0.4 is 10.0 Å². The van der Waals surface area contributed by atoms with Crippen LogP contribution in [0.1, 0.15) is 21.5 Å². The zero-order valence-corrected chi connectivity index (χ0v) is 17.1. The molecule has 0 heterocycles. The number of anilines is 2. The summed E-state index contributed by atoms with van der Waals surface area (Å²) in [5.41, 5.74) is 2.80. The summed E-state index contributed by atoms with van der Waals surface area (Å²) in [5, 5.41) is 13.4. The van der Waals surface area contributed by atoms with E-state index in [9.17, 15) is 23.3 Å². The monoisotopic (exact) mass is 425 g/mol. The van der Waals surface area contributed by atoms with Crippen molar-refractivity contribution >= 4 is 33.0 Å². The van der Waals surface area contributed by atoms with Gasteiger partial charge in [-0.15, -0.1) is 0 Å². The first-order valence-electron chi connectivity index (χ1n) is 8.92. The van der Waals surface area contributed by atoms with Crippen LogP contribution >= 0.6 is 0 Å². The molecule has 3 aromatic carbocycles. The molecule has 0 aliphatic carbocycles. The highest BCUT2D eigenvalue weighted by molar-refractivity contribution is 7.92. The third-order valence-electron chi connectivity index (χ3n) is 4.50. The van der Waals surface area contributed by atoms with Gasteiger partial charge in [0.25, 0.3) is 21.6 Å². The van der Waals surface area contributed by atoms with Crippen molar-refractivity contribution in [3.63, 3.8) is 0 Å². The summed E-state index contributed by atoms with van der Waals surface area (Å²) in [6, 6.07) is 16.2. The normalized spacial score (nSPS) is 11.0. The number of aryl methyl sites for hydroxylation is 2. The van der Waals surface area contributed by atoms with E-state index in [-0.39, 0.29) is 21.8 Å². The smallest absolute Gasteiger partial charge is 0.271 e. The quantitative estimate of drug-likeness (QED) is 0.452. The molecule has 0 aliphatic heterocycles. The number of non-ortho nitro benzene ring substituents is 1. The summed E-state index contributed by atoms with van der Waals surface area (Å²) < 4.78 is 27.7. The summed E-state index contributed by atoms with van der Waals surface area (Å²) in [4.78, 5) is 22.7. The van der Waals surface area contributed by atoms with Crippen molar-refractivity contribution in [3.05, 3.63) is 93.5 Å². The number of hydrogen-bond donors (Lipinski definition) is 2. The highest BCUT2D eigenvalue weighted by Gasteiger charge is 2.16. The van der Waals surface area contributed by atoms with Gasteiger partial charge in [0.2, 0.25) is 0 Å². The number of carbonyl (C=O) groups is 1. The molecule has 9 heteroatoms. The molecule has 0 atom stereocenters. The molecule has 3 aromatic rings. The average Bonchev–Trinajstić information content (AvgIpc) is 2.71. The van der Waals surface area contributed by atoms with Crippen molar-refractivity contribution in [3.8, 4) is 0 Å². The fourth-order valence-corrected chi connectivity index (χ4v) is 3.75. The van der Waals surface area contributed by atoms with Gasteiger partial charge in [0, 0.05) is 29.1 Å². The highest BCUT2D eigenvalue weighted by Crippen LogP contribution is 2.21. The van der Waals surface area contributed by atoms with Crippen molar-refractivity contribution in [2.45, 2.75) is 18.7 Å². The summed E-state index contributed by atoms with van der Waals surface area (Å²) >= 11 is 0. The zero-order valence-electron chi connectivity index (χ0n) is 16.2. The molecule has 0 saturated heterocycles. The summed E-state index contributed by atoms with van der Waals surface area (Å²) in [6.07, 6.45) is 0. The van der Waals surface area contributed by atoms with Crippen molar-refractivity contribution < 1.29 is 18.1 Å². The van der Waals surface area contributed by atoms with E-state index in [1.807, 2.05) is 19.9 Å². The first-order valence-corrected chi connectivity index (χ1v) is 10.4. The van der Waals surface area contributed by atoms with Crippen molar-refractivity contribution in [2.24, 2.45) is 0 Å². The lowest BCUT2D eigenvalue weighted by molar-refractivity contribution is -0.384. The van der Waals surface area contributed by atoms with E-state index >= 15 is 0 Å². The van der Waals surface area contributed by atoms with E-state index in [4.69, 9.17) is 0 Å². The molecule has 0 saturated carbocycles. The molecule has 154 valence electrons. The van der Waals surface area contributed by atoms with Gasteiger partial charge in [-0.2, -0.15) is 0 Å². The number of nitrogens with one attached hydrogen (secondary N) is 2. The largest absolute Gasteiger partial charge is 0.322 e. The number of nitro benzene ring substituents is 1. The Morgan fingerprint density at radius 2 is 1.60 bits per heavy atom. The third-order valence-corrected chi connectivity index (χ3v) is 5.90. The van der Waals surface area contributed by atoms with E-state index in [0.717, 1.165) is 11.1 Å². The van der Waals surface area contributed by atoms with E-state index in [2.05, 4.69) is 10.0 Å². The van der Waals surface area contributed by atoms with Crippen LogP contribution in [-0.4, -0.2) is 19.2 Å². The molecule has 0 spiro atoms. The molecule has 8 nitrogen and oxygen atoms in total. The molecule has 0 radical (unpaired) electrons. The molecular formula is C21H19N3O5S. The number of nitrogens with zero attached hydrogens (tertiary/aromatic N) is 1. The van der Waals surface area contributed by atoms with Gasteiger partial charge in [-0.05, 0) is 67.4 Å². The summed E-state index contributed by atoms with van der Waals surface area (Å²) in [7, 11) is -3.82. The molecule has 0 unspecified atom stereocenters. The summed E-state index contributed by atoms with van der Waals surface area (Å²) in [6.45, 7) is 3.83. The van der Waals surface area contributed by atoms with E-state index in [0.29, 0.717) is 5.69 Å². The predicted octanol–water partition coefficient (Wildman–Crippen LogP) is 4.26. The second-order valence-corrected chi connectivity index (χ2v) is 8.37. The number of rotatable bonds is 6. The van der Waals surface area contributed by atoms with Crippen LogP contribution in [0.4, 0.5) is 17.1 Å². The number of hydrogen-bond acceptors (Lipinski definition) is 5. The van der Waals surface area contributed by atoms with E-state index < -0.39 is 20.9 Å². The van der Waals surface area contributed by atoms with Gasteiger partial charge < -0.3 is 5.32 Å². The topological polar surface area (TPSA) is 118 Å². The first-order chi connectivity index (χ1) is 14.2. The predicted molar refractivity (Wildman–Crippen MR) is 114 cm³/mol. The zero-order chi connectivity index (χ0) is 21.9. The second kappa shape index (κ2) is 8.34. The number of sulfonamides is 1. The van der Waals surface area contributed by atoms with Gasteiger partial charge in [-0.1, -0.05) is 12.1 Å². The third kappa shape index (κ3) is 4.81. The standard InChI is InChI=1S/C21H19N3O5S/c1-14-6-9-18(12-15(14)2)23-30(28,29)20-10-7-16(8-11-20)21(25)22-17-4-3-5-19(13-17)24(26)27/h3-13,23H,1-2H3,(H,22,25). The maximum atomic E-state index is 12.6. The molecule has 2 N–H and O–H groups in total. The van der Waals surface area contributed by atoms with Crippen LogP contribution in [0.5, 0.6) is 0 Å². The fraction of sp³-hybridized carbons (Fsp3) is 0.0952.